The third-order valence-corrected chi connectivity index (χ3v) is 3.04. The van der Waals surface area contributed by atoms with Crippen molar-refractivity contribution in [3.05, 3.63) is 35.9 Å². The van der Waals surface area contributed by atoms with Gasteiger partial charge < -0.3 is 19.9 Å². The highest BCUT2D eigenvalue weighted by atomic mass is 16.5. The Hall–Kier alpha value is -2.57. The van der Waals surface area contributed by atoms with Crippen molar-refractivity contribution in [2.24, 2.45) is 0 Å². The van der Waals surface area contributed by atoms with E-state index in [0.29, 0.717) is 6.42 Å². The number of carboxylic acids is 1. The van der Waals surface area contributed by atoms with Crippen LogP contribution in [0.15, 0.2) is 30.3 Å². The topological polar surface area (TPSA) is 102 Å². The summed E-state index contributed by atoms with van der Waals surface area (Å²) in [6.45, 7) is 3.53. The van der Waals surface area contributed by atoms with Crippen molar-refractivity contribution < 1.29 is 29.0 Å². The summed E-state index contributed by atoms with van der Waals surface area (Å²) in [6.07, 6.45) is -0.512. The lowest BCUT2D eigenvalue weighted by Gasteiger charge is -2.14. The summed E-state index contributed by atoms with van der Waals surface area (Å²) in [5.74, 6) is -1.57. The number of alkyl carbamates (subject to hydrolysis) is 1. The van der Waals surface area contributed by atoms with E-state index in [-0.39, 0.29) is 31.5 Å². The highest BCUT2D eigenvalue weighted by Crippen LogP contribution is 2.06. The molecule has 0 fully saturated rings. The molecular weight excluding hydrogens is 314 g/mol. The van der Waals surface area contributed by atoms with Crippen LogP contribution in [0, 0.1) is 0 Å². The number of aliphatic carboxylic acids is 1. The molecule has 0 spiro atoms. The first-order chi connectivity index (χ1) is 11.4. The maximum absolute atomic E-state index is 11.7. The molecule has 0 heterocycles. The Labute approximate surface area is 141 Å². The molecule has 0 saturated heterocycles. The van der Waals surface area contributed by atoms with Crippen molar-refractivity contribution in [1.82, 2.24) is 5.32 Å². The van der Waals surface area contributed by atoms with Crippen molar-refractivity contribution in [1.29, 1.82) is 0 Å². The van der Waals surface area contributed by atoms with E-state index in [2.05, 4.69) is 5.32 Å². The minimum absolute atomic E-state index is 0.0553. The van der Waals surface area contributed by atoms with E-state index in [1.54, 1.807) is 26.0 Å². The summed E-state index contributed by atoms with van der Waals surface area (Å²) >= 11 is 0. The van der Waals surface area contributed by atoms with E-state index in [4.69, 9.17) is 14.6 Å². The first-order valence-electron chi connectivity index (χ1n) is 7.78. The zero-order chi connectivity index (χ0) is 17.9. The Balaban J connectivity index is 2.35. The Morgan fingerprint density at radius 2 is 1.83 bits per heavy atom. The Morgan fingerprint density at radius 1 is 1.17 bits per heavy atom. The number of carbonyl (C=O) groups is 3. The highest BCUT2D eigenvalue weighted by molar-refractivity contribution is 5.80. The fraction of sp³-hybridized carbons (Fsp3) is 0.471. The first-order valence-corrected chi connectivity index (χ1v) is 7.78. The number of benzene rings is 1. The minimum atomic E-state index is -1.18. The van der Waals surface area contributed by atoms with Gasteiger partial charge in [0.25, 0.3) is 0 Å². The van der Waals surface area contributed by atoms with Gasteiger partial charge in [-0.3, -0.25) is 4.79 Å². The van der Waals surface area contributed by atoms with Gasteiger partial charge >= 0.3 is 18.0 Å². The molecule has 1 unspecified atom stereocenters. The molecular formula is C17H23NO6. The Kier molecular flexibility index (Phi) is 8.32. The van der Waals surface area contributed by atoms with Gasteiger partial charge in [0.1, 0.15) is 12.6 Å². The quantitative estimate of drug-likeness (QED) is 0.671. The molecule has 1 aromatic carbocycles. The van der Waals surface area contributed by atoms with Gasteiger partial charge in [0, 0.05) is 6.42 Å². The van der Waals surface area contributed by atoms with E-state index in [0.717, 1.165) is 5.56 Å². The van der Waals surface area contributed by atoms with Crippen LogP contribution in [-0.4, -0.2) is 35.3 Å². The fourth-order valence-electron chi connectivity index (χ4n) is 1.94. The van der Waals surface area contributed by atoms with Crippen molar-refractivity contribution >= 4 is 18.0 Å². The smallest absolute Gasteiger partial charge is 0.408 e. The van der Waals surface area contributed by atoms with E-state index in [1.807, 2.05) is 18.2 Å². The number of amides is 1. The van der Waals surface area contributed by atoms with Crippen LogP contribution in [0.5, 0.6) is 0 Å². The average molecular weight is 337 g/mol. The SMILES string of the molecule is CC(C)OC(=O)CCCC(NC(=O)OCc1ccccc1)C(=O)O. The zero-order valence-corrected chi connectivity index (χ0v) is 13.9. The molecule has 7 nitrogen and oxygen atoms in total. The molecule has 7 heteroatoms. The molecule has 1 amide bonds. The Bertz CT molecular complexity index is 543. The average Bonchev–Trinajstić information content (AvgIpc) is 2.52. The third kappa shape index (κ3) is 8.17. The maximum Gasteiger partial charge on any atom is 0.408 e. The predicted octanol–water partition coefficient (Wildman–Crippen LogP) is 2.49. The summed E-state index contributed by atoms with van der Waals surface area (Å²) in [6, 6.07) is 7.94. The number of nitrogens with one attached hydrogen (secondary N) is 1. The monoisotopic (exact) mass is 337 g/mol. The van der Waals surface area contributed by atoms with Crippen LogP contribution >= 0.6 is 0 Å². The van der Waals surface area contributed by atoms with Crippen LogP contribution in [0.25, 0.3) is 0 Å². The summed E-state index contributed by atoms with van der Waals surface area (Å²) in [5.41, 5.74) is 0.802. The van der Waals surface area contributed by atoms with Gasteiger partial charge in [0.05, 0.1) is 6.10 Å². The van der Waals surface area contributed by atoms with Gasteiger partial charge in [-0.2, -0.15) is 0 Å². The molecule has 2 N–H and O–H groups in total. The number of carboxylic acid groups (broad SMARTS) is 1. The number of esters is 1. The highest BCUT2D eigenvalue weighted by Gasteiger charge is 2.21. The third-order valence-electron chi connectivity index (χ3n) is 3.04. The molecule has 0 aliphatic rings. The van der Waals surface area contributed by atoms with E-state index in [9.17, 15) is 14.4 Å². The van der Waals surface area contributed by atoms with Crippen LogP contribution < -0.4 is 5.32 Å². The van der Waals surface area contributed by atoms with Crippen molar-refractivity contribution in [2.75, 3.05) is 0 Å². The lowest BCUT2D eigenvalue weighted by Crippen LogP contribution is -2.41. The van der Waals surface area contributed by atoms with Crippen LogP contribution in [0.1, 0.15) is 38.7 Å². The largest absolute Gasteiger partial charge is 0.480 e. The van der Waals surface area contributed by atoms with Gasteiger partial charge in [-0.25, -0.2) is 9.59 Å². The standard InChI is InChI=1S/C17H23NO6/c1-12(2)24-15(19)10-6-9-14(16(20)21)18-17(22)23-11-13-7-4-3-5-8-13/h3-5,7-8,12,14H,6,9-11H2,1-2H3,(H,18,22)(H,20,21). The second kappa shape index (κ2) is 10.3. The second-order valence-corrected chi connectivity index (χ2v) is 5.53. The van der Waals surface area contributed by atoms with Gasteiger partial charge in [0.15, 0.2) is 0 Å². The van der Waals surface area contributed by atoms with Crippen molar-refractivity contribution in [3.63, 3.8) is 0 Å². The molecule has 0 aromatic heterocycles. The molecule has 24 heavy (non-hydrogen) atoms. The summed E-state index contributed by atoms with van der Waals surface area (Å²) in [4.78, 5) is 34.3. The van der Waals surface area contributed by atoms with Crippen LogP contribution in [0.3, 0.4) is 0 Å². The number of rotatable bonds is 9. The van der Waals surface area contributed by atoms with Crippen molar-refractivity contribution in [2.45, 2.75) is 51.9 Å². The number of ether oxygens (including phenoxy) is 2. The number of carbonyl (C=O) groups excluding carboxylic acids is 2. The van der Waals surface area contributed by atoms with Gasteiger partial charge in [-0.15, -0.1) is 0 Å². The van der Waals surface area contributed by atoms with Crippen molar-refractivity contribution in [3.8, 4) is 0 Å². The molecule has 0 saturated carbocycles. The summed E-state index contributed by atoms with van der Waals surface area (Å²) in [5, 5.41) is 11.4. The van der Waals surface area contributed by atoms with Gasteiger partial charge in [-0.1, -0.05) is 30.3 Å². The lowest BCUT2D eigenvalue weighted by atomic mass is 10.1. The number of hydrogen-bond acceptors (Lipinski definition) is 5. The van der Waals surface area contributed by atoms with Gasteiger partial charge in [-0.05, 0) is 32.3 Å². The maximum atomic E-state index is 11.7. The second-order valence-electron chi connectivity index (χ2n) is 5.53. The zero-order valence-electron chi connectivity index (χ0n) is 13.9. The summed E-state index contributed by atoms with van der Waals surface area (Å²) in [7, 11) is 0. The normalized spacial score (nSPS) is 11.6. The van der Waals surface area contributed by atoms with Crippen LogP contribution in [0.4, 0.5) is 4.79 Å². The van der Waals surface area contributed by atoms with Crippen LogP contribution in [-0.2, 0) is 25.7 Å². The molecule has 1 aromatic rings. The van der Waals surface area contributed by atoms with Crippen LogP contribution in [0.2, 0.25) is 0 Å². The molecule has 1 atom stereocenters. The van der Waals surface area contributed by atoms with E-state index < -0.39 is 18.1 Å². The minimum Gasteiger partial charge on any atom is -0.480 e. The fourth-order valence-corrected chi connectivity index (χ4v) is 1.94. The molecule has 132 valence electrons. The molecule has 0 bridgehead atoms. The lowest BCUT2D eigenvalue weighted by molar-refractivity contribution is -0.148. The predicted molar refractivity (Wildman–Crippen MR) is 86.3 cm³/mol. The molecule has 0 aliphatic heterocycles. The molecule has 0 aliphatic carbocycles. The first kappa shape index (κ1) is 19.5. The van der Waals surface area contributed by atoms with E-state index >= 15 is 0 Å². The molecule has 1 rings (SSSR count). The number of hydrogen-bond donors (Lipinski definition) is 2. The molecule has 0 radical (unpaired) electrons. The Morgan fingerprint density at radius 3 is 2.42 bits per heavy atom. The van der Waals surface area contributed by atoms with E-state index in [1.165, 1.54) is 0 Å². The summed E-state index contributed by atoms with van der Waals surface area (Å²) < 4.78 is 9.95. The van der Waals surface area contributed by atoms with Gasteiger partial charge in [0.2, 0.25) is 0 Å².